The van der Waals surface area contributed by atoms with Gasteiger partial charge in [-0.25, -0.2) is 0 Å². The van der Waals surface area contributed by atoms with Gasteiger partial charge in [0.1, 0.15) is 5.69 Å². The molecule has 0 saturated heterocycles. The summed E-state index contributed by atoms with van der Waals surface area (Å²) < 4.78 is 34.7. The molecule has 0 aliphatic heterocycles. The number of carbonyl (C=O) groups excluding carboxylic acids is 1. The van der Waals surface area contributed by atoms with Crippen LogP contribution in [0.25, 0.3) is 0 Å². The molecule has 0 bridgehead atoms. The quantitative estimate of drug-likeness (QED) is 0.900. The third-order valence-electron chi connectivity index (χ3n) is 2.41. The maximum atomic E-state index is 12.2. The summed E-state index contributed by atoms with van der Waals surface area (Å²) in [4.78, 5) is 11.8. The fraction of sp³-hybridized carbons (Fsp3) is 0.364. The van der Waals surface area contributed by atoms with E-state index in [1.807, 2.05) is 0 Å². The summed E-state index contributed by atoms with van der Waals surface area (Å²) in [6, 6.07) is 1.68. The third kappa shape index (κ3) is 3.31. The molecular formula is C11H12F2N4O3. The van der Waals surface area contributed by atoms with Gasteiger partial charge < -0.3 is 14.6 Å². The van der Waals surface area contributed by atoms with Crippen LogP contribution in [0.3, 0.4) is 0 Å². The second-order valence-electron chi connectivity index (χ2n) is 4.00. The van der Waals surface area contributed by atoms with E-state index in [2.05, 4.69) is 20.3 Å². The Morgan fingerprint density at radius 1 is 1.60 bits per heavy atom. The van der Waals surface area contributed by atoms with Gasteiger partial charge in [-0.2, -0.15) is 13.9 Å². The normalized spacial score (nSPS) is 10.8. The Morgan fingerprint density at radius 2 is 2.35 bits per heavy atom. The van der Waals surface area contributed by atoms with Crippen molar-refractivity contribution in [1.29, 1.82) is 0 Å². The molecule has 7 nitrogen and oxygen atoms in total. The van der Waals surface area contributed by atoms with Crippen molar-refractivity contribution in [2.45, 2.75) is 20.0 Å². The molecule has 0 aliphatic rings. The highest BCUT2D eigenvalue weighted by Gasteiger charge is 2.20. The Morgan fingerprint density at radius 3 is 2.95 bits per heavy atom. The first-order valence-corrected chi connectivity index (χ1v) is 5.65. The molecule has 0 atom stereocenters. The van der Waals surface area contributed by atoms with E-state index in [1.165, 1.54) is 6.92 Å². The van der Waals surface area contributed by atoms with Crippen LogP contribution in [0, 0.1) is 6.92 Å². The van der Waals surface area contributed by atoms with E-state index in [0.717, 1.165) is 0 Å². The number of rotatable bonds is 5. The Labute approximate surface area is 112 Å². The molecule has 0 unspecified atom stereocenters. The van der Waals surface area contributed by atoms with Crippen molar-refractivity contribution < 1.29 is 22.8 Å². The van der Waals surface area contributed by atoms with Crippen molar-refractivity contribution in [2.75, 3.05) is 5.32 Å². The molecule has 9 heteroatoms. The number of nitrogens with zero attached hydrogens (tertiary/aromatic N) is 3. The first-order chi connectivity index (χ1) is 9.45. The first kappa shape index (κ1) is 14.0. The molecule has 0 radical (unpaired) electrons. The zero-order valence-electron chi connectivity index (χ0n) is 10.8. The summed E-state index contributed by atoms with van der Waals surface area (Å²) in [5.74, 6) is -0.712. The van der Waals surface area contributed by atoms with Crippen molar-refractivity contribution in [3.63, 3.8) is 0 Å². The van der Waals surface area contributed by atoms with E-state index in [-0.39, 0.29) is 17.9 Å². The molecule has 0 spiro atoms. The molecule has 0 aliphatic carbocycles. The van der Waals surface area contributed by atoms with Crippen molar-refractivity contribution in [2.24, 2.45) is 7.05 Å². The molecule has 2 aromatic rings. The molecule has 0 fully saturated rings. The predicted octanol–water partition coefficient (Wildman–Crippen LogP) is 1.50. The van der Waals surface area contributed by atoms with Crippen LogP contribution in [-0.2, 0) is 18.3 Å². The van der Waals surface area contributed by atoms with Gasteiger partial charge in [0.15, 0.2) is 5.76 Å². The van der Waals surface area contributed by atoms with Crippen LogP contribution in [-0.4, -0.2) is 27.5 Å². The highest BCUT2D eigenvalue weighted by Crippen LogP contribution is 2.28. The average Bonchev–Trinajstić information content (AvgIpc) is 2.89. The zero-order valence-corrected chi connectivity index (χ0v) is 10.8. The number of hydrogen-bond donors (Lipinski definition) is 1. The molecule has 1 N–H and O–H groups in total. The standard InChI is InChI=1S/C11H12F2N4O3/c1-6-9(10(16-20-6)19-11(12)13)14-8(18)5-7-3-4-17(2)15-7/h3-4,11H,5H2,1-2H3,(H,14,18). The lowest BCUT2D eigenvalue weighted by atomic mass is 10.3. The summed E-state index contributed by atoms with van der Waals surface area (Å²) >= 11 is 0. The minimum Gasteiger partial charge on any atom is -0.412 e. The van der Waals surface area contributed by atoms with Gasteiger partial charge in [0, 0.05) is 13.2 Å². The molecule has 2 aromatic heterocycles. The zero-order chi connectivity index (χ0) is 14.7. The number of nitrogens with one attached hydrogen (secondary N) is 1. The van der Waals surface area contributed by atoms with Crippen LogP contribution in [0.1, 0.15) is 11.5 Å². The van der Waals surface area contributed by atoms with E-state index >= 15 is 0 Å². The fourth-order valence-electron chi connectivity index (χ4n) is 1.56. The largest absolute Gasteiger partial charge is 0.412 e. The van der Waals surface area contributed by atoms with Crippen molar-refractivity contribution in [3.05, 3.63) is 23.7 Å². The third-order valence-corrected chi connectivity index (χ3v) is 2.41. The van der Waals surface area contributed by atoms with Crippen LogP contribution in [0.5, 0.6) is 5.88 Å². The van der Waals surface area contributed by atoms with Gasteiger partial charge in [0.05, 0.1) is 12.1 Å². The molecule has 2 rings (SSSR count). The highest BCUT2D eigenvalue weighted by molar-refractivity contribution is 5.93. The summed E-state index contributed by atoms with van der Waals surface area (Å²) in [5, 5.41) is 9.77. The second-order valence-corrected chi connectivity index (χ2v) is 4.00. The van der Waals surface area contributed by atoms with Gasteiger partial charge in [-0.3, -0.25) is 9.48 Å². The summed E-state index contributed by atoms with van der Waals surface area (Å²) in [7, 11) is 1.72. The minimum absolute atomic E-state index is 0.000418. The fourth-order valence-corrected chi connectivity index (χ4v) is 1.56. The molecule has 0 saturated carbocycles. The Kier molecular flexibility index (Phi) is 3.97. The number of ether oxygens (including phenoxy) is 1. The molecular weight excluding hydrogens is 274 g/mol. The maximum absolute atomic E-state index is 12.2. The van der Waals surface area contributed by atoms with Gasteiger partial charge in [0.2, 0.25) is 5.91 Å². The van der Waals surface area contributed by atoms with Crippen LogP contribution in [0.2, 0.25) is 0 Å². The molecule has 108 valence electrons. The summed E-state index contributed by atoms with van der Waals surface area (Å²) in [5.41, 5.74) is 0.543. The maximum Gasteiger partial charge on any atom is 0.388 e. The number of hydrogen-bond acceptors (Lipinski definition) is 5. The number of carbonyl (C=O) groups is 1. The number of halogens is 2. The SMILES string of the molecule is Cc1onc(OC(F)F)c1NC(=O)Cc1ccn(C)n1. The number of anilines is 1. The lowest BCUT2D eigenvalue weighted by Crippen LogP contribution is -2.16. The average molecular weight is 286 g/mol. The van der Waals surface area contributed by atoms with Crippen molar-refractivity contribution in [3.8, 4) is 5.88 Å². The molecule has 0 aromatic carbocycles. The van der Waals surface area contributed by atoms with Gasteiger partial charge in [0.25, 0.3) is 5.88 Å². The number of amides is 1. The lowest BCUT2D eigenvalue weighted by Gasteiger charge is -2.05. The highest BCUT2D eigenvalue weighted by atomic mass is 19.3. The number of aryl methyl sites for hydroxylation is 2. The van der Waals surface area contributed by atoms with Crippen molar-refractivity contribution >= 4 is 11.6 Å². The van der Waals surface area contributed by atoms with Gasteiger partial charge in [-0.15, -0.1) is 0 Å². The second kappa shape index (κ2) is 5.68. The molecule has 2 heterocycles. The van der Waals surface area contributed by atoms with Crippen LogP contribution in [0.4, 0.5) is 14.5 Å². The van der Waals surface area contributed by atoms with Gasteiger partial charge in [-0.1, -0.05) is 0 Å². The van der Waals surface area contributed by atoms with Crippen molar-refractivity contribution in [1.82, 2.24) is 14.9 Å². The monoisotopic (exact) mass is 286 g/mol. The Bertz CT molecular complexity index is 609. The van der Waals surface area contributed by atoms with Gasteiger partial charge in [-0.05, 0) is 18.1 Å². The van der Waals surface area contributed by atoms with E-state index < -0.39 is 18.4 Å². The lowest BCUT2D eigenvalue weighted by molar-refractivity contribution is -0.115. The smallest absolute Gasteiger partial charge is 0.388 e. The van der Waals surface area contributed by atoms with E-state index in [4.69, 9.17) is 4.52 Å². The predicted molar refractivity (Wildman–Crippen MR) is 63.4 cm³/mol. The van der Waals surface area contributed by atoms with Crippen LogP contribution in [0.15, 0.2) is 16.8 Å². The van der Waals surface area contributed by atoms with Crippen LogP contribution >= 0.6 is 0 Å². The number of alkyl halides is 2. The van der Waals surface area contributed by atoms with E-state index in [9.17, 15) is 13.6 Å². The minimum atomic E-state index is -3.05. The first-order valence-electron chi connectivity index (χ1n) is 5.65. The molecule has 1 amide bonds. The molecule has 20 heavy (non-hydrogen) atoms. The number of aromatic nitrogens is 3. The van der Waals surface area contributed by atoms with E-state index in [1.54, 1.807) is 24.0 Å². The topological polar surface area (TPSA) is 82.2 Å². The van der Waals surface area contributed by atoms with Crippen LogP contribution < -0.4 is 10.1 Å². The van der Waals surface area contributed by atoms with Gasteiger partial charge >= 0.3 is 6.61 Å². The summed E-state index contributed by atoms with van der Waals surface area (Å²) in [6.07, 6.45) is 1.69. The Hall–Kier alpha value is -2.45. The van der Waals surface area contributed by atoms with E-state index in [0.29, 0.717) is 5.69 Å². The summed E-state index contributed by atoms with van der Waals surface area (Å²) in [6.45, 7) is -1.58. The Balaban J connectivity index is 2.05.